The molecule has 0 fully saturated rings. The molecule has 4 nitrogen and oxygen atoms in total. The van der Waals surface area contributed by atoms with E-state index in [4.69, 9.17) is 9.47 Å². The van der Waals surface area contributed by atoms with Crippen molar-refractivity contribution in [2.45, 2.75) is 20.5 Å². The second kappa shape index (κ2) is 5.61. The summed E-state index contributed by atoms with van der Waals surface area (Å²) in [7, 11) is 1.63. The van der Waals surface area contributed by atoms with Gasteiger partial charge >= 0.3 is 0 Å². The van der Waals surface area contributed by atoms with Gasteiger partial charge in [-0.15, -0.1) is 0 Å². The van der Waals surface area contributed by atoms with Crippen LogP contribution in [0.2, 0.25) is 0 Å². The van der Waals surface area contributed by atoms with Crippen molar-refractivity contribution in [1.29, 1.82) is 0 Å². The SMILES string of the molecule is COc1ccc(COc2c(C)[nH]c(C)cc2=O)cc1. The molecule has 0 bridgehead atoms. The Labute approximate surface area is 112 Å². The van der Waals surface area contributed by atoms with Crippen molar-refractivity contribution in [2.24, 2.45) is 0 Å². The number of rotatable bonds is 4. The Kier molecular flexibility index (Phi) is 3.90. The molecule has 1 heterocycles. The lowest BCUT2D eigenvalue weighted by Gasteiger charge is -2.09. The summed E-state index contributed by atoms with van der Waals surface area (Å²) in [4.78, 5) is 14.9. The molecule has 0 aliphatic heterocycles. The smallest absolute Gasteiger partial charge is 0.223 e. The van der Waals surface area contributed by atoms with Gasteiger partial charge in [0.05, 0.1) is 12.8 Å². The van der Waals surface area contributed by atoms with Crippen LogP contribution in [0.4, 0.5) is 0 Å². The number of nitrogens with one attached hydrogen (secondary N) is 1. The molecule has 0 radical (unpaired) electrons. The molecule has 100 valence electrons. The zero-order chi connectivity index (χ0) is 13.8. The Hall–Kier alpha value is -2.23. The van der Waals surface area contributed by atoms with Crippen LogP contribution in [0.15, 0.2) is 35.1 Å². The number of pyridine rings is 1. The third kappa shape index (κ3) is 3.16. The number of hydrogen-bond acceptors (Lipinski definition) is 3. The molecule has 4 heteroatoms. The average molecular weight is 259 g/mol. The van der Waals surface area contributed by atoms with Gasteiger partial charge in [0.25, 0.3) is 0 Å². The summed E-state index contributed by atoms with van der Waals surface area (Å²) in [6.45, 7) is 4.04. The summed E-state index contributed by atoms with van der Waals surface area (Å²) in [5.74, 6) is 1.18. The van der Waals surface area contributed by atoms with Gasteiger partial charge in [-0.2, -0.15) is 0 Å². The molecular weight excluding hydrogens is 242 g/mol. The molecule has 0 saturated heterocycles. The monoisotopic (exact) mass is 259 g/mol. The highest BCUT2D eigenvalue weighted by Gasteiger charge is 2.06. The van der Waals surface area contributed by atoms with Gasteiger partial charge in [-0.1, -0.05) is 12.1 Å². The molecule has 0 aliphatic carbocycles. The van der Waals surface area contributed by atoms with E-state index < -0.39 is 0 Å². The Balaban J connectivity index is 2.12. The molecule has 0 spiro atoms. The van der Waals surface area contributed by atoms with Crippen LogP contribution in [-0.4, -0.2) is 12.1 Å². The number of benzene rings is 1. The lowest BCUT2D eigenvalue weighted by Crippen LogP contribution is -2.11. The summed E-state index contributed by atoms with van der Waals surface area (Å²) in [5, 5.41) is 0. The van der Waals surface area contributed by atoms with Gasteiger partial charge in [-0.05, 0) is 31.5 Å². The molecule has 0 aliphatic rings. The van der Waals surface area contributed by atoms with E-state index in [9.17, 15) is 4.79 Å². The van der Waals surface area contributed by atoms with Crippen LogP contribution in [0.1, 0.15) is 17.0 Å². The van der Waals surface area contributed by atoms with Crippen LogP contribution in [0, 0.1) is 13.8 Å². The van der Waals surface area contributed by atoms with E-state index in [1.807, 2.05) is 38.1 Å². The minimum absolute atomic E-state index is 0.0951. The lowest BCUT2D eigenvalue weighted by atomic mass is 10.2. The van der Waals surface area contributed by atoms with Gasteiger partial charge in [0, 0.05) is 11.8 Å². The predicted molar refractivity (Wildman–Crippen MR) is 73.9 cm³/mol. The van der Waals surface area contributed by atoms with E-state index >= 15 is 0 Å². The molecule has 2 rings (SSSR count). The second-order valence-corrected chi connectivity index (χ2v) is 4.41. The summed E-state index contributed by atoms with van der Waals surface area (Å²) in [6.07, 6.45) is 0. The van der Waals surface area contributed by atoms with Crippen LogP contribution in [-0.2, 0) is 6.61 Å². The van der Waals surface area contributed by atoms with Crippen LogP contribution in [0.25, 0.3) is 0 Å². The number of aryl methyl sites for hydroxylation is 2. The first-order chi connectivity index (χ1) is 9.10. The minimum Gasteiger partial charge on any atom is -0.497 e. The van der Waals surface area contributed by atoms with Crippen molar-refractivity contribution in [3.8, 4) is 11.5 Å². The van der Waals surface area contributed by atoms with E-state index in [2.05, 4.69) is 4.98 Å². The fourth-order valence-corrected chi connectivity index (χ4v) is 1.89. The van der Waals surface area contributed by atoms with Gasteiger partial charge in [0.2, 0.25) is 5.43 Å². The van der Waals surface area contributed by atoms with Crippen molar-refractivity contribution >= 4 is 0 Å². The van der Waals surface area contributed by atoms with Crippen molar-refractivity contribution in [3.05, 3.63) is 57.5 Å². The molecule has 1 aromatic carbocycles. The number of aromatic amines is 1. The first-order valence-corrected chi connectivity index (χ1v) is 6.06. The first kappa shape index (κ1) is 13.2. The highest BCUT2D eigenvalue weighted by molar-refractivity contribution is 5.30. The van der Waals surface area contributed by atoms with Gasteiger partial charge in [-0.25, -0.2) is 0 Å². The predicted octanol–water partition coefficient (Wildman–Crippen LogP) is 2.58. The van der Waals surface area contributed by atoms with E-state index in [1.54, 1.807) is 7.11 Å². The molecule has 0 unspecified atom stereocenters. The molecule has 0 saturated carbocycles. The van der Waals surface area contributed by atoms with Crippen molar-refractivity contribution in [2.75, 3.05) is 7.11 Å². The van der Waals surface area contributed by atoms with Gasteiger partial charge in [0.15, 0.2) is 5.75 Å². The van der Waals surface area contributed by atoms with E-state index in [-0.39, 0.29) is 5.43 Å². The summed E-state index contributed by atoms with van der Waals surface area (Å²) in [5.41, 5.74) is 2.47. The Morgan fingerprint density at radius 3 is 2.42 bits per heavy atom. The molecule has 0 atom stereocenters. The van der Waals surface area contributed by atoms with Gasteiger partial charge in [0.1, 0.15) is 12.4 Å². The first-order valence-electron chi connectivity index (χ1n) is 6.06. The molecule has 1 N–H and O–H groups in total. The molecule has 1 aromatic heterocycles. The largest absolute Gasteiger partial charge is 0.497 e. The highest BCUT2D eigenvalue weighted by Crippen LogP contribution is 2.15. The van der Waals surface area contributed by atoms with Gasteiger partial charge in [-0.3, -0.25) is 4.79 Å². The van der Waals surface area contributed by atoms with Crippen LogP contribution in [0.5, 0.6) is 11.5 Å². The normalized spacial score (nSPS) is 10.3. The average Bonchev–Trinajstić information content (AvgIpc) is 2.38. The quantitative estimate of drug-likeness (QED) is 0.918. The van der Waals surface area contributed by atoms with Crippen molar-refractivity contribution < 1.29 is 9.47 Å². The van der Waals surface area contributed by atoms with E-state index in [0.717, 1.165) is 22.7 Å². The lowest BCUT2D eigenvalue weighted by molar-refractivity contribution is 0.299. The maximum absolute atomic E-state index is 11.8. The van der Waals surface area contributed by atoms with E-state index in [1.165, 1.54) is 6.07 Å². The third-order valence-corrected chi connectivity index (χ3v) is 2.84. The van der Waals surface area contributed by atoms with Crippen molar-refractivity contribution in [1.82, 2.24) is 4.98 Å². The topological polar surface area (TPSA) is 51.3 Å². The van der Waals surface area contributed by atoms with Gasteiger partial charge < -0.3 is 14.5 Å². The summed E-state index contributed by atoms with van der Waals surface area (Å²) in [6, 6.07) is 9.10. The Morgan fingerprint density at radius 1 is 1.16 bits per heavy atom. The van der Waals surface area contributed by atoms with Crippen molar-refractivity contribution in [3.63, 3.8) is 0 Å². The van der Waals surface area contributed by atoms with Crippen LogP contribution < -0.4 is 14.9 Å². The second-order valence-electron chi connectivity index (χ2n) is 4.41. The molecule has 19 heavy (non-hydrogen) atoms. The van der Waals surface area contributed by atoms with E-state index in [0.29, 0.717) is 12.4 Å². The molecular formula is C15H17NO3. The Morgan fingerprint density at radius 2 is 1.84 bits per heavy atom. The highest BCUT2D eigenvalue weighted by atomic mass is 16.5. The number of aromatic nitrogens is 1. The van der Waals surface area contributed by atoms with Crippen LogP contribution in [0.3, 0.4) is 0 Å². The number of methoxy groups -OCH3 is 1. The number of hydrogen-bond donors (Lipinski definition) is 1. The number of H-pyrrole nitrogens is 1. The van der Waals surface area contributed by atoms with Crippen LogP contribution >= 0.6 is 0 Å². The number of ether oxygens (including phenoxy) is 2. The maximum Gasteiger partial charge on any atom is 0.223 e. The summed E-state index contributed by atoms with van der Waals surface area (Å²) < 4.78 is 10.7. The molecule has 2 aromatic rings. The zero-order valence-electron chi connectivity index (χ0n) is 11.3. The standard InChI is InChI=1S/C15H17NO3/c1-10-8-14(17)15(11(2)16-10)19-9-12-4-6-13(18-3)7-5-12/h4-8H,9H2,1-3H3,(H,16,17). The zero-order valence-corrected chi connectivity index (χ0v) is 11.3. The fraction of sp³-hybridized carbons (Fsp3) is 0.267. The third-order valence-electron chi connectivity index (χ3n) is 2.84. The maximum atomic E-state index is 11.8. The minimum atomic E-state index is -0.0951. The summed E-state index contributed by atoms with van der Waals surface area (Å²) >= 11 is 0. The molecule has 0 amide bonds. The Bertz CT molecular complexity index is 614. The fourth-order valence-electron chi connectivity index (χ4n) is 1.89.